The largest absolute Gasteiger partial charge is 0.507 e. The molecule has 0 aliphatic carbocycles. The lowest BCUT2D eigenvalue weighted by Gasteiger charge is -2.22. The van der Waals surface area contributed by atoms with Crippen LogP contribution in [0.25, 0.3) is 61.6 Å². The number of hydrogen-bond donors (Lipinski definition) is 1. The predicted octanol–water partition coefficient (Wildman–Crippen LogP) is 12.3. The Morgan fingerprint density at radius 1 is 0.600 bits per heavy atom. The molecule has 4 nitrogen and oxygen atoms in total. The maximum atomic E-state index is 11.1. The molecule has 0 bridgehead atoms. The third-order valence-corrected chi connectivity index (χ3v) is 9.63. The van der Waals surface area contributed by atoms with Crippen molar-refractivity contribution in [3.8, 4) is 56.3 Å². The van der Waals surface area contributed by atoms with E-state index < -0.39 is 0 Å². The van der Waals surface area contributed by atoms with Crippen LogP contribution in [0, 0.1) is 0 Å². The van der Waals surface area contributed by atoms with Gasteiger partial charge in [-0.3, -0.25) is 9.55 Å². The van der Waals surface area contributed by atoms with Crippen molar-refractivity contribution in [3.05, 3.63) is 144 Å². The van der Waals surface area contributed by atoms with Crippen LogP contribution in [0.4, 0.5) is 0 Å². The maximum absolute atomic E-state index is 11.1. The van der Waals surface area contributed by atoms with Crippen molar-refractivity contribution in [1.82, 2.24) is 14.5 Å². The lowest BCUT2D eigenvalue weighted by atomic mass is 9.84. The summed E-state index contributed by atoms with van der Waals surface area (Å²) in [6.07, 6.45) is 1.86. The molecule has 7 rings (SSSR count). The summed E-state index contributed by atoms with van der Waals surface area (Å²) >= 11 is 0. The monoisotopic (exact) mass is 655 g/mol. The number of nitrogens with zero attached hydrogens (tertiary/aromatic N) is 3. The summed E-state index contributed by atoms with van der Waals surface area (Å²) in [4.78, 5) is 10.2. The molecule has 0 radical (unpaired) electrons. The van der Waals surface area contributed by atoms with Crippen LogP contribution in [0.3, 0.4) is 0 Å². The quantitative estimate of drug-likeness (QED) is 0.186. The standard InChI is InChI=1S/C46H45N3O/c1-29(2)31-21-32(30(3)4)23-33(22-31)34-24-35(26-36(25-34)41-18-13-14-20-47-41)40-27-37(46(5,6)7)28-42-44(40)48-45(39-17-11-12-19-43(39)50)49(42)38-15-9-8-10-16-38/h8-30,50H,1-7H3. The maximum Gasteiger partial charge on any atom is 0.149 e. The SMILES string of the molecule is CC(C)c1cc(-c2cc(-c3ccccn3)cc(-c3cc(C(C)(C)C)cc4c3nc(-c3ccccc3O)n4-c3ccccc3)c2)cc(C(C)C)c1. The third kappa shape index (κ3) is 6.34. The average molecular weight is 656 g/mol. The second-order valence-electron chi connectivity index (χ2n) is 15.0. The van der Waals surface area contributed by atoms with Crippen molar-refractivity contribution in [2.75, 3.05) is 0 Å². The van der Waals surface area contributed by atoms with Crippen molar-refractivity contribution in [1.29, 1.82) is 0 Å². The van der Waals surface area contributed by atoms with E-state index in [2.05, 4.69) is 120 Å². The molecule has 0 aliphatic heterocycles. The Balaban J connectivity index is 1.58. The van der Waals surface area contributed by atoms with Gasteiger partial charge in [-0.1, -0.05) is 103 Å². The highest BCUT2D eigenvalue weighted by Crippen LogP contribution is 2.42. The summed E-state index contributed by atoms with van der Waals surface area (Å²) < 4.78 is 2.19. The Bertz CT molecular complexity index is 2280. The number of rotatable bonds is 7. The molecule has 0 fully saturated rings. The molecule has 250 valence electrons. The van der Waals surface area contributed by atoms with Gasteiger partial charge in [0.1, 0.15) is 11.6 Å². The van der Waals surface area contributed by atoms with Gasteiger partial charge in [-0.15, -0.1) is 0 Å². The molecule has 0 spiro atoms. The Morgan fingerprint density at radius 3 is 1.86 bits per heavy atom. The minimum absolute atomic E-state index is 0.136. The number of hydrogen-bond acceptors (Lipinski definition) is 3. The second-order valence-corrected chi connectivity index (χ2v) is 15.0. The van der Waals surface area contributed by atoms with Crippen LogP contribution in [0.1, 0.15) is 77.0 Å². The molecule has 0 saturated carbocycles. The summed E-state index contributed by atoms with van der Waals surface area (Å²) in [5.41, 5.74) is 13.7. The van der Waals surface area contributed by atoms with Gasteiger partial charge in [-0.05, 0) is 117 Å². The minimum atomic E-state index is -0.136. The Kier molecular flexibility index (Phi) is 8.65. The van der Waals surface area contributed by atoms with Gasteiger partial charge in [0.05, 0.1) is 22.3 Å². The summed E-state index contributed by atoms with van der Waals surface area (Å²) in [6.45, 7) is 15.8. The van der Waals surface area contributed by atoms with Crippen molar-refractivity contribution in [2.45, 2.75) is 65.7 Å². The molecular formula is C46H45N3O. The second kappa shape index (κ2) is 13.1. The summed E-state index contributed by atoms with van der Waals surface area (Å²) in [7, 11) is 0. The fourth-order valence-corrected chi connectivity index (χ4v) is 6.65. The topological polar surface area (TPSA) is 50.9 Å². The first-order chi connectivity index (χ1) is 24.0. The van der Waals surface area contributed by atoms with E-state index in [4.69, 9.17) is 9.97 Å². The van der Waals surface area contributed by atoms with Crippen LogP contribution in [0.5, 0.6) is 5.75 Å². The number of aromatic hydroxyl groups is 1. The van der Waals surface area contributed by atoms with Gasteiger partial charge in [0, 0.05) is 23.0 Å². The van der Waals surface area contributed by atoms with Gasteiger partial charge >= 0.3 is 0 Å². The Morgan fingerprint density at radius 2 is 1.22 bits per heavy atom. The average Bonchev–Trinajstić information content (AvgIpc) is 3.50. The summed E-state index contributed by atoms with van der Waals surface area (Å²) in [6, 6.07) is 42.3. The highest BCUT2D eigenvalue weighted by molar-refractivity contribution is 5.98. The molecule has 1 N–H and O–H groups in total. The van der Waals surface area contributed by atoms with E-state index in [0.717, 1.165) is 44.7 Å². The number of para-hydroxylation sites is 2. The highest BCUT2D eigenvalue weighted by Gasteiger charge is 2.24. The summed E-state index contributed by atoms with van der Waals surface area (Å²) in [5.74, 6) is 1.71. The fraction of sp³-hybridized carbons (Fsp3) is 0.217. The fourth-order valence-electron chi connectivity index (χ4n) is 6.65. The number of phenolic OH excluding ortho intramolecular Hbond substituents is 1. The van der Waals surface area contributed by atoms with Gasteiger partial charge in [-0.25, -0.2) is 4.98 Å². The van der Waals surface area contributed by atoms with Crippen molar-refractivity contribution < 1.29 is 5.11 Å². The molecule has 2 heterocycles. The van der Waals surface area contributed by atoms with E-state index in [-0.39, 0.29) is 11.2 Å². The molecule has 4 heteroatoms. The Labute approximate surface area is 296 Å². The molecular weight excluding hydrogens is 611 g/mol. The predicted molar refractivity (Wildman–Crippen MR) is 209 cm³/mol. The van der Waals surface area contributed by atoms with Crippen LogP contribution in [0.2, 0.25) is 0 Å². The van der Waals surface area contributed by atoms with E-state index in [1.165, 1.54) is 22.3 Å². The molecule has 0 aliphatic rings. The van der Waals surface area contributed by atoms with E-state index in [0.29, 0.717) is 23.2 Å². The van der Waals surface area contributed by atoms with Crippen molar-refractivity contribution >= 4 is 11.0 Å². The first kappa shape index (κ1) is 33.0. The van der Waals surface area contributed by atoms with E-state index in [1.54, 1.807) is 6.07 Å². The lowest BCUT2D eigenvalue weighted by molar-refractivity contribution is 0.477. The molecule has 50 heavy (non-hydrogen) atoms. The zero-order valence-corrected chi connectivity index (χ0v) is 30.1. The minimum Gasteiger partial charge on any atom is -0.507 e. The van der Waals surface area contributed by atoms with Gasteiger partial charge in [0.25, 0.3) is 0 Å². The van der Waals surface area contributed by atoms with Crippen molar-refractivity contribution in [3.63, 3.8) is 0 Å². The zero-order valence-electron chi connectivity index (χ0n) is 30.1. The molecule has 7 aromatic rings. The van der Waals surface area contributed by atoms with Gasteiger partial charge < -0.3 is 5.11 Å². The van der Waals surface area contributed by atoms with Gasteiger partial charge in [0.2, 0.25) is 0 Å². The zero-order chi connectivity index (χ0) is 35.2. The summed E-state index contributed by atoms with van der Waals surface area (Å²) in [5, 5.41) is 11.1. The van der Waals surface area contributed by atoms with E-state index in [9.17, 15) is 5.11 Å². The molecule has 0 saturated heterocycles. The molecule has 2 aromatic heterocycles. The lowest BCUT2D eigenvalue weighted by Crippen LogP contribution is -2.11. The highest BCUT2D eigenvalue weighted by atomic mass is 16.3. The van der Waals surface area contributed by atoms with Gasteiger partial charge in [-0.2, -0.15) is 0 Å². The van der Waals surface area contributed by atoms with Crippen molar-refractivity contribution in [2.24, 2.45) is 0 Å². The first-order valence-corrected chi connectivity index (χ1v) is 17.6. The number of benzene rings is 5. The third-order valence-electron chi connectivity index (χ3n) is 9.63. The molecule has 5 aromatic carbocycles. The molecule has 0 atom stereocenters. The number of fused-ring (bicyclic) bond motifs is 1. The number of aromatic nitrogens is 3. The van der Waals surface area contributed by atoms with Gasteiger partial charge in [0.15, 0.2) is 0 Å². The van der Waals surface area contributed by atoms with Crippen LogP contribution in [-0.2, 0) is 5.41 Å². The van der Waals surface area contributed by atoms with Crippen LogP contribution >= 0.6 is 0 Å². The molecule has 0 unspecified atom stereocenters. The number of imidazole rings is 1. The normalized spacial score (nSPS) is 11.9. The van der Waals surface area contributed by atoms with E-state index in [1.807, 2.05) is 54.7 Å². The van der Waals surface area contributed by atoms with Crippen LogP contribution in [0.15, 0.2) is 128 Å². The van der Waals surface area contributed by atoms with Crippen LogP contribution < -0.4 is 0 Å². The first-order valence-electron chi connectivity index (χ1n) is 17.6. The van der Waals surface area contributed by atoms with E-state index >= 15 is 0 Å². The Hall–Kier alpha value is -5.48. The number of pyridine rings is 1. The van der Waals surface area contributed by atoms with Crippen LogP contribution in [-0.4, -0.2) is 19.6 Å². The smallest absolute Gasteiger partial charge is 0.149 e. The number of phenols is 1. The molecule has 0 amide bonds.